The van der Waals surface area contributed by atoms with Gasteiger partial charge in [0.1, 0.15) is 17.5 Å². The molecule has 0 heterocycles. The van der Waals surface area contributed by atoms with Crippen LogP contribution in [0.5, 0.6) is 11.5 Å². The van der Waals surface area contributed by atoms with E-state index in [9.17, 15) is 13.2 Å². The number of hydrogen-bond acceptors (Lipinski definition) is 5. The van der Waals surface area contributed by atoms with Crippen LogP contribution in [0.15, 0.2) is 71.6 Å². The maximum atomic E-state index is 13.2. The van der Waals surface area contributed by atoms with E-state index in [1.807, 2.05) is 18.2 Å². The predicted octanol–water partition coefficient (Wildman–Crippen LogP) is 4.54. The number of carbonyl (C=O) groups excluding carboxylic acids is 1. The molecule has 1 atom stereocenters. The fourth-order valence-corrected chi connectivity index (χ4v) is 4.82. The molecule has 0 aromatic heterocycles. The van der Waals surface area contributed by atoms with Gasteiger partial charge >= 0.3 is 0 Å². The number of hydrogen-bond donors (Lipinski definition) is 2. The molecule has 0 aliphatic rings. The van der Waals surface area contributed by atoms with Gasteiger partial charge < -0.3 is 14.8 Å². The molecule has 1 amide bonds. The monoisotopic (exact) mass is 508 g/mol. The van der Waals surface area contributed by atoms with E-state index < -0.39 is 22.0 Å². The number of ether oxygens (including phenoxy) is 2. The number of benzene rings is 3. The Hall–Kier alpha value is -2.78. The first kappa shape index (κ1) is 24.9. The van der Waals surface area contributed by atoms with Gasteiger partial charge in [0.15, 0.2) is 0 Å². The molecule has 0 spiro atoms. The highest BCUT2D eigenvalue weighted by atomic mass is 35.5. The molecule has 0 aliphatic heterocycles. The van der Waals surface area contributed by atoms with Crippen molar-refractivity contribution in [3.8, 4) is 11.5 Å². The second-order valence-electron chi connectivity index (χ2n) is 6.99. The van der Waals surface area contributed by atoms with E-state index in [0.717, 1.165) is 5.56 Å². The Morgan fingerprint density at radius 1 is 0.939 bits per heavy atom. The van der Waals surface area contributed by atoms with Crippen LogP contribution in [-0.2, 0) is 21.2 Å². The van der Waals surface area contributed by atoms with Crippen molar-refractivity contribution < 1.29 is 22.7 Å². The van der Waals surface area contributed by atoms with Gasteiger partial charge in [0.25, 0.3) is 0 Å². The van der Waals surface area contributed by atoms with Crippen LogP contribution in [0.1, 0.15) is 5.56 Å². The van der Waals surface area contributed by atoms with Crippen molar-refractivity contribution in [2.45, 2.75) is 17.4 Å². The summed E-state index contributed by atoms with van der Waals surface area (Å²) in [5.74, 6) is 0.140. The van der Waals surface area contributed by atoms with Crippen molar-refractivity contribution in [2.75, 3.05) is 19.5 Å². The van der Waals surface area contributed by atoms with Crippen LogP contribution in [-0.4, -0.2) is 34.6 Å². The minimum Gasteiger partial charge on any atom is -0.495 e. The summed E-state index contributed by atoms with van der Waals surface area (Å²) in [4.78, 5) is 13.1. The summed E-state index contributed by atoms with van der Waals surface area (Å²) in [6.07, 6.45) is 0.110. The van der Waals surface area contributed by atoms with Crippen LogP contribution in [0.3, 0.4) is 0 Å². The first-order valence-electron chi connectivity index (χ1n) is 9.77. The lowest BCUT2D eigenvalue weighted by Gasteiger charge is -2.20. The quantitative estimate of drug-likeness (QED) is 0.442. The van der Waals surface area contributed by atoms with Crippen molar-refractivity contribution in [2.24, 2.45) is 0 Å². The SMILES string of the molecule is COc1ccc(S(=O)(=O)N[C@@H](Cc2ccccc2)C(=O)Nc2cc(Cl)ccc2OC)cc1Cl. The molecule has 0 bridgehead atoms. The van der Waals surface area contributed by atoms with Gasteiger partial charge in [0, 0.05) is 5.02 Å². The maximum absolute atomic E-state index is 13.2. The first-order valence-corrected chi connectivity index (χ1v) is 12.0. The van der Waals surface area contributed by atoms with E-state index in [4.69, 9.17) is 32.7 Å². The van der Waals surface area contributed by atoms with E-state index in [0.29, 0.717) is 22.2 Å². The molecule has 3 aromatic rings. The molecular formula is C23H22Cl2N2O5S. The number of sulfonamides is 1. The molecule has 0 radical (unpaired) electrons. The Morgan fingerprint density at radius 3 is 2.24 bits per heavy atom. The molecule has 33 heavy (non-hydrogen) atoms. The molecule has 0 unspecified atom stereocenters. The smallest absolute Gasteiger partial charge is 0.243 e. The summed E-state index contributed by atoms with van der Waals surface area (Å²) in [6.45, 7) is 0. The summed E-state index contributed by atoms with van der Waals surface area (Å²) in [7, 11) is -1.21. The van der Waals surface area contributed by atoms with Crippen LogP contribution in [0, 0.1) is 0 Å². The second kappa shape index (κ2) is 10.9. The Kier molecular flexibility index (Phi) is 8.20. The molecule has 0 aliphatic carbocycles. The number of rotatable bonds is 9. The zero-order valence-electron chi connectivity index (χ0n) is 17.8. The fourth-order valence-electron chi connectivity index (χ4n) is 3.11. The summed E-state index contributed by atoms with van der Waals surface area (Å²) >= 11 is 12.1. The number of carbonyl (C=O) groups is 1. The van der Waals surface area contributed by atoms with E-state index in [1.165, 1.54) is 38.5 Å². The minimum absolute atomic E-state index is 0.0977. The molecular weight excluding hydrogens is 487 g/mol. The molecule has 2 N–H and O–H groups in total. The maximum Gasteiger partial charge on any atom is 0.243 e. The minimum atomic E-state index is -4.10. The molecule has 7 nitrogen and oxygen atoms in total. The number of nitrogens with one attached hydrogen (secondary N) is 2. The van der Waals surface area contributed by atoms with Gasteiger partial charge in [-0.05, 0) is 48.4 Å². The van der Waals surface area contributed by atoms with Gasteiger partial charge in [-0.1, -0.05) is 53.5 Å². The molecule has 0 fully saturated rings. The molecule has 0 saturated carbocycles. The van der Waals surface area contributed by atoms with Gasteiger partial charge in [-0.3, -0.25) is 4.79 Å². The van der Waals surface area contributed by atoms with E-state index in [-0.39, 0.29) is 16.3 Å². The highest BCUT2D eigenvalue weighted by Gasteiger charge is 2.27. The van der Waals surface area contributed by atoms with E-state index >= 15 is 0 Å². The van der Waals surface area contributed by atoms with Crippen LogP contribution in [0.4, 0.5) is 5.69 Å². The van der Waals surface area contributed by atoms with Crippen LogP contribution < -0.4 is 19.5 Å². The molecule has 3 rings (SSSR count). The number of amides is 1. The zero-order chi connectivity index (χ0) is 24.0. The third-order valence-electron chi connectivity index (χ3n) is 4.75. The van der Waals surface area contributed by atoms with Gasteiger partial charge in [-0.15, -0.1) is 0 Å². The van der Waals surface area contributed by atoms with E-state index in [1.54, 1.807) is 24.3 Å². The summed E-state index contributed by atoms with van der Waals surface area (Å²) in [5, 5.41) is 3.23. The van der Waals surface area contributed by atoms with Crippen LogP contribution >= 0.6 is 23.2 Å². The van der Waals surface area contributed by atoms with Crippen molar-refractivity contribution >= 4 is 44.8 Å². The normalized spacial score (nSPS) is 12.1. The van der Waals surface area contributed by atoms with Gasteiger partial charge in [-0.25, -0.2) is 8.42 Å². The Bertz CT molecular complexity index is 1240. The second-order valence-corrected chi connectivity index (χ2v) is 9.55. The van der Waals surface area contributed by atoms with Crippen molar-refractivity contribution in [1.29, 1.82) is 0 Å². The van der Waals surface area contributed by atoms with Gasteiger partial charge in [-0.2, -0.15) is 4.72 Å². The Labute approximate surface area is 202 Å². The first-order chi connectivity index (χ1) is 15.7. The lowest BCUT2D eigenvalue weighted by molar-refractivity contribution is -0.117. The van der Waals surface area contributed by atoms with Crippen molar-refractivity contribution in [1.82, 2.24) is 4.72 Å². The van der Waals surface area contributed by atoms with Crippen molar-refractivity contribution in [3.63, 3.8) is 0 Å². The average Bonchev–Trinajstić information content (AvgIpc) is 2.79. The zero-order valence-corrected chi connectivity index (χ0v) is 20.2. The van der Waals surface area contributed by atoms with Gasteiger partial charge in [0.05, 0.1) is 29.8 Å². The highest BCUT2D eigenvalue weighted by molar-refractivity contribution is 7.89. The van der Waals surface area contributed by atoms with Crippen molar-refractivity contribution in [3.05, 3.63) is 82.3 Å². The number of anilines is 1. The summed E-state index contributed by atoms with van der Waals surface area (Å²) in [6, 6.07) is 16.7. The lowest BCUT2D eigenvalue weighted by Crippen LogP contribution is -2.45. The lowest BCUT2D eigenvalue weighted by atomic mass is 10.1. The number of halogens is 2. The largest absolute Gasteiger partial charge is 0.495 e. The Balaban J connectivity index is 1.92. The predicted molar refractivity (Wildman–Crippen MR) is 129 cm³/mol. The molecule has 10 heteroatoms. The summed E-state index contributed by atoms with van der Waals surface area (Å²) in [5.41, 5.74) is 1.09. The fraction of sp³-hybridized carbons (Fsp3) is 0.174. The third kappa shape index (κ3) is 6.39. The third-order valence-corrected chi connectivity index (χ3v) is 6.75. The summed E-state index contributed by atoms with van der Waals surface area (Å²) < 4.78 is 39.0. The standard InChI is InChI=1S/C23H22Cl2N2O5S/c1-31-21-11-9-17(14-18(21)25)33(29,30)27-20(12-15-6-4-3-5-7-15)23(28)26-19-13-16(24)8-10-22(19)32-2/h3-11,13-14,20,27H,12H2,1-2H3,(H,26,28)/t20-/m0/s1. The molecule has 3 aromatic carbocycles. The average molecular weight is 509 g/mol. The van der Waals surface area contributed by atoms with Crippen LogP contribution in [0.25, 0.3) is 0 Å². The number of methoxy groups -OCH3 is 2. The van der Waals surface area contributed by atoms with Gasteiger partial charge in [0.2, 0.25) is 15.9 Å². The Morgan fingerprint density at radius 2 is 1.61 bits per heavy atom. The topological polar surface area (TPSA) is 93.7 Å². The molecule has 174 valence electrons. The van der Waals surface area contributed by atoms with Crippen LogP contribution in [0.2, 0.25) is 10.0 Å². The van der Waals surface area contributed by atoms with E-state index in [2.05, 4.69) is 10.0 Å². The molecule has 0 saturated heterocycles. The highest BCUT2D eigenvalue weighted by Crippen LogP contribution is 2.29.